The second kappa shape index (κ2) is 16.4. The Bertz CT molecular complexity index is 1830. The summed E-state index contributed by atoms with van der Waals surface area (Å²) in [5.41, 5.74) is 6.77. The molecule has 1 fully saturated rings. The number of urea groups is 1. The molecule has 1 saturated heterocycles. The van der Waals surface area contributed by atoms with Crippen molar-refractivity contribution in [1.29, 1.82) is 0 Å². The van der Waals surface area contributed by atoms with E-state index in [2.05, 4.69) is 35.8 Å². The van der Waals surface area contributed by atoms with Crippen molar-refractivity contribution in [1.82, 2.24) is 15.6 Å². The molecule has 1 aliphatic rings. The van der Waals surface area contributed by atoms with Crippen molar-refractivity contribution in [3.63, 3.8) is 0 Å². The highest BCUT2D eigenvalue weighted by Gasteiger charge is 2.38. The van der Waals surface area contributed by atoms with Crippen molar-refractivity contribution in [2.45, 2.75) is 49.8 Å². The summed E-state index contributed by atoms with van der Waals surface area (Å²) in [6.07, 6.45) is -0.875. The van der Waals surface area contributed by atoms with Crippen LogP contribution in [-0.2, 0) is 32.2 Å². The molecular formula is C38H39N3O6S2. The summed E-state index contributed by atoms with van der Waals surface area (Å²) in [5.74, 6) is 0.319. The number of amides is 2. The molecule has 0 bridgehead atoms. The van der Waals surface area contributed by atoms with E-state index < -0.39 is 18.3 Å². The summed E-state index contributed by atoms with van der Waals surface area (Å²) < 4.78 is 20.3. The largest absolute Gasteiger partial charge is 0.465 e. The van der Waals surface area contributed by atoms with E-state index in [1.807, 2.05) is 78.9 Å². The Hall–Kier alpha value is -4.26. The molecule has 3 N–H and O–H groups in total. The third-order valence-corrected chi connectivity index (χ3v) is 10.6. The highest BCUT2D eigenvalue weighted by atomic mass is 32.2. The number of thioether (sulfide) groups is 1. The summed E-state index contributed by atoms with van der Waals surface area (Å²) in [6, 6.07) is 31.8. The number of aliphatic hydroxyl groups is 1. The minimum Gasteiger partial charge on any atom is -0.465 e. The first-order chi connectivity index (χ1) is 23.9. The number of hydrogen-bond acceptors (Lipinski definition) is 9. The number of esters is 1. The van der Waals surface area contributed by atoms with Gasteiger partial charge in [0, 0.05) is 23.8 Å². The van der Waals surface area contributed by atoms with Gasteiger partial charge in [-0.2, -0.15) is 0 Å². The summed E-state index contributed by atoms with van der Waals surface area (Å²) >= 11 is 3.41. The molecule has 49 heavy (non-hydrogen) atoms. The fourth-order valence-electron chi connectivity index (χ4n) is 5.68. The fourth-order valence-corrected chi connectivity index (χ4v) is 7.94. The molecule has 254 valence electrons. The van der Waals surface area contributed by atoms with Crippen LogP contribution in [-0.4, -0.2) is 47.1 Å². The molecule has 4 aromatic carbocycles. The van der Waals surface area contributed by atoms with Crippen LogP contribution in [0.2, 0.25) is 0 Å². The van der Waals surface area contributed by atoms with Crippen LogP contribution in [0.1, 0.15) is 48.5 Å². The van der Waals surface area contributed by atoms with Gasteiger partial charge in [-0.05, 0) is 52.9 Å². The molecule has 4 atom stereocenters. The summed E-state index contributed by atoms with van der Waals surface area (Å²) in [4.78, 5) is 28.4. The summed E-state index contributed by atoms with van der Waals surface area (Å²) in [7, 11) is 0. The van der Waals surface area contributed by atoms with Gasteiger partial charge in [-0.1, -0.05) is 97.5 Å². The maximum absolute atomic E-state index is 12.1. The van der Waals surface area contributed by atoms with E-state index in [0.717, 1.165) is 49.0 Å². The molecule has 0 aliphatic carbocycles. The quantitative estimate of drug-likeness (QED) is 0.0912. The van der Waals surface area contributed by atoms with Gasteiger partial charge >= 0.3 is 12.0 Å². The highest BCUT2D eigenvalue weighted by Crippen LogP contribution is 2.43. The predicted molar refractivity (Wildman–Crippen MR) is 192 cm³/mol. The molecule has 11 heteroatoms. The number of ether oxygens (including phenoxy) is 3. The molecule has 2 heterocycles. The van der Waals surface area contributed by atoms with Gasteiger partial charge < -0.3 is 30.0 Å². The molecular weight excluding hydrogens is 659 g/mol. The van der Waals surface area contributed by atoms with E-state index in [9.17, 15) is 14.7 Å². The van der Waals surface area contributed by atoms with Gasteiger partial charge in [-0.15, -0.1) is 11.3 Å². The van der Waals surface area contributed by atoms with Crippen LogP contribution in [0.4, 0.5) is 4.79 Å². The second-order valence-electron chi connectivity index (χ2n) is 11.7. The summed E-state index contributed by atoms with van der Waals surface area (Å²) in [6.45, 7) is 4.27. The number of hydrogen-bond donors (Lipinski definition) is 3. The number of aromatic nitrogens is 1. The molecule has 0 unspecified atom stereocenters. The third-order valence-electron chi connectivity index (χ3n) is 8.36. The Balaban J connectivity index is 1.15. The van der Waals surface area contributed by atoms with Gasteiger partial charge in [-0.25, -0.2) is 9.78 Å². The van der Waals surface area contributed by atoms with Gasteiger partial charge in [0.05, 0.1) is 35.6 Å². The van der Waals surface area contributed by atoms with Crippen LogP contribution in [0.3, 0.4) is 0 Å². The maximum Gasteiger partial charge on any atom is 0.325 e. The number of aliphatic hydroxyl groups excluding tert-OH is 1. The predicted octanol–water partition coefficient (Wildman–Crippen LogP) is 7.40. The Morgan fingerprint density at radius 2 is 1.67 bits per heavy atom. The Labute approximate surface area is 294 Å². The monoisotopic (exact) mass is 697 g/mol. The van der Waals surface area contributed by atoms with Crippen molar-refractivity contribution in [2.24, 2.45) is 5.92 Å². The van der Waals surface area contributed by atoms with Crippen molar-refractivity contribution in [3.05, 3.63) is 119 Å². The topological polar surface area (TPSA) is 119 Å². The molecule has 0 saturated carbocycles. The standard InChI is InChI=1S/C38H39N3O6S2/c1-3-45-34(43)21-40-37(44)39-20-26-7-6-8-30(19-26)27-15-17-29(18-16-27)36-46-32(23-48-38-41-31-9-4-5-10-33(31)49-38)24(2)35(47-36)28-13-11-25(22-42)12-14-28/h4-19,24,32,35-36,42H,3,20-23H2,1-2H3,(H2,39,40,44)/t24-,32+,35+,36+/m0/s1. The zero-order chi connectivity index (χ0) is 34.2. The molecule has 0 spiro atoms. The normalized spacial score (nSPS) is 19.0. The van der Waals surface area contributed by atoms with E-state index in [-0.39, 0.29) is 37.9 Å². The van der Waals surface area contributed by atoms with Crippen LogP contribution >= 0.6 is 23.1 Å². The first-order valence-electron chi connectivity index (χ1n) is 16.3. The van der Waals surface area contributed by atoms with Gasteiger partial charge in [0.25, 0.3) is 0 Å². The second-order valence-corrected chi connectivity index (χ2v) is 14.0. The highest BCUT2D eigenvalue weighted by molar-refractivity contribution is 8.01. The lowest BCUT2D eigenvalue weighted by Gasteiger charge is -2.41. The molecule has 9 nitrogen and oxygen atoms in total. The van der Waals surface area contributed by atoms with Crippen LogP contribution in [0.25, 0.3) is 21.3 Å². The van der Waals surface area contributed by atoms with Crippen LogP contribution in [0.5, 0.6) is 0 Å². The smallest absolute Gasteiger partial charge is 0.325 e. The van der Waals surface area contributed by atoms with E-state index in [4.69, 9.17) is 19.2 Å². The van der Waals surface area contributed by atoms with Gasteiger partial charge in [0.2, 0.25) is 0 Å². The van der Waals surface area contributed by atoms with Crippen LogP contribution < -0.4 is 10.6 Å². The number of benzene rings is 4. The molecule has 1 aromatic heterocycles. The minimum atomic E-state index is -0.572. The third kappa shape index (κ3) is 8.86. The molecule has 0 radical (unpaired) electrons. The number of para-hydroxylation sites is 1. The zero-order valence-electron chi connectivity index (χ0n) is 27.3. The average Bonchev–Trinajstić information content (AvgIpc) is 3.56. The Morgan fingerprint density at radius 3 is 2.43 bits per heavy atom. The lowest BCUT2D eigenvalue weighted by Crippen LogP contribution is -2.38. The minimum absolute atomic E-state index is 0.00719. The SMILES string of the molecule is CCOC(=O)CNC(=O)NCc1cccc(-c2ccc([C@@H]3O[C@H](CSc4nc5ccccc5s4)[C@H](C)[C@H](c4ccc(CO)cc4)O3)cc2)c1. The van der Waals surface area contributed by atoms with Crippen LogP contribution in [0.15, 0.2) is 101 Å². The first kappa shape index (κ1) is 34.6. The van der Waals surface area contributed by atoms with E-state index >= 15 is 0 Å². The van der Waals surface area contributed by atoms with Gasteiger partial charge in [0.15, 0.2) is 10.6 Å². The Kier molecular flexibility index (Phi) is 11.6. The lowest BCUT2D eigenvalue weighted by atomic mass is 9.91. The van der Waals surface area contributed by atoms with Gasteiger partial charge in [0.1, 0.15) is 6.54 Å². The van der Waals surface area contributed by atoms with E-state index in [1.165, 1.54) is 4.70 Å². The molecule has 1 aliphatic heterocycles. The van der Waals surface area contributed by atoms with Crippen molar-refractivity contribution >= 4 is 45.3 Å². The van der Waals surface area contributed by atoms with Crippen molar-refractivity contribution in [3.8, 4) is 11.1 Å². The number of fused-ring (bicyclic) bond motifs is 1. The lowest BCUT2D eigenvalue weighted by molar-refractivity contribution is -0.268. The molecule has 5 aromatic rings. The number of thiazole rings is 1. The number of carbonyl (C=O) groups excluding carboxylic acids is 2. The van der Waals surface area contributed by atoms with Crippen molar-refractivity contribution < 1.29 is 28.9 Å². The zero-order valence-corrected chi connectivity index (χ0v) is 29.0. The molecule has 2 amide bonds. The number of carbonyl (C=O) groups is 2. The molecule has 6 rings (SSSR count). The number of rotatable bonds is 12. The van der Waals surface area contributed by atoms with Crippen LogP contribution in [0, 0.1) is 5.92 Å². The van der Waals surface area contributed by atoms with E-state index in [1.54, 1.807) is 30.0 Å². The number of nitrogens with one attached hydrogen (secondary N) is 2. The van der Waals surface area contributed by atoms with E-state index in [0.29, 0.717) is 6.54 Å². The number of nitrogens with zero attached hydrogens (tertiary/aromatic N) is 1. The van der Waals surface area contributed by atoms with Crippen molar-refractivity contribution in [2.75, 3.05) is 18.9 Å². The maximum atomic E-state index is 12.1. The van der Waals surface area contributed by atoms with Gasteiger partial charge in [-0.3, -0.25) is 4.79 Å². The average molecular weight is 698 g/mol. The first-order valence-corrected chi connectivity index (χ1v) is 18.1. The Morgan fingerprint density at radius 1 is 0.898 bits per heavy atom. The summed E-state index contributed by atoms with van der Waals surface area (Å²) in [5, 5.41) is 14.9. The fraction of sp³-hybridized carbons (Fsp3) is 0.289.